The summed E-state index contributed by atoms with van der Waals surface area (Å²) in [4.78, 5) is 9.28. The van der Waals surface area contributed by atoms with E-state index in [-0.39, 0.29) is 0 Å². The van der Waals surface area contributed by atoms with Gasteiger partial charge < -0.3 is 0 Å². The maximum Gasteiger partial charge on any atom is 0.222 e. The van der Waals surface area contributed by atoms with Crippen molar-refractivity contribution in [3.8, 4) is 17.1 Å². The van der Waals surface area contributed by atoms with Crippen LogP contribution in [0.25, 0.3) is 33.8 Å². The van der Waals surface area contributed by atoms with E-state index in [1.54, 1.807) is 15.4 Å². The Balaban J connectivity index is 1.80. The average molecular weight is 344 g/mol. The van der Waals surface area contributed by atoms with Gasteiger partial charge in [-0.3, -0.25) is 5.10 Å². The van der Waals surface area contributed by atoms with E-state index in [0.29, 0.717) is 10.4 Å². The maximum absolute atomic E-state index is 5.46. The van der Waals surface area contributed by atoms with Gasteiger partial charge in [-0.05, 0) is 24.4 Å². The van der Waals surface area contributed by atoms with Crippen molar-refractivity contribution in [1.29, 1.82) is 0 Å². The number of hydrogen-bond donors (Lipinski definition) is 1. The highest BCUT2D eigenvalue weighted by Crippen LogP contribution is 2.23. The normalized spacial score (nSPS) is 11.4. The number of H-pyrrole nitrogens is 1. The maximum atomic E-state index is 5.46. The molecule has 6 nitrogen and oxygen atoms in total. The first-order valence-electron chi connectivity index (χ1n) is 7.78. The van der Waals surface area contributed by atoms with Crippen LogP contribution >= 0.6 is 12.2 Å². The Morgan fingerprint density at radius 1 is 0.840 bits per heavy atom. The van der Waals surface area contributed by atoms with Gasteiger partial charge in [0.2, 0.25) is 4.77 Å². The second kappa shape index (κ2) is 5.35. The molecule has 0 bridgehead atoms. The number of aromatic nitrogens is 6. The van der Waals surface area contributed by atoms with Crippen LogP contribution in [0.4, 0.5) is 0 Å². The summed E-state index contributed by atoms with van der Waals surface area (Å²) in [5.74, 6) is 0.744. The number of aromatic amines is 1. The molecule has 0 aliphatic heterocycles. The van der Waals surface area contributed by atoms with Crippen LogP contribution in [0, 0.1) is 4.77 Å². The predicted octanol–water partition coefficient (Wildman–Crippen LogP) is 3.79. The largest absolute Gasteiger partial charge is 0.273 e. The average Bonchev–Trinajstić information content (AvgIpc) is 3.28. The number of rotatable bonds is 2. The fraction of sp³-hybridized carbons (Fsp3) is 0. The van der Waals surface area contributed by atoms with Gasteiger partial charge in [0.1, 0.15) is 0 Å². The van der Waals surface area contributed by atoms with E-state index in [0.717, 1.165) is 28.1 Å². The van der Waals surface area contributed by atoms with Gasteiger partial charge in [-0.2, -0.15) is 10.1 Å². The number of nitrogens with zero attached hydrogens (tertiary/aromatic N) is 5. The highest BCUT2D eigenvalue weighted by atomic mass is 32.1. The minimum Gasteiger partial charge on any atom is -0.273 e. The summed E-state index contributed by atoms with van der Waals surface area (Å²) < 4.78 is 3.91. The van der Waals surface area contributed by atoms with Gasteiger partial charge in [0.25, 0.3) is 0 Å². The lowest BCUT2D eigenvalue weighted by atomic mass is 10.2. The van der Waals surface area contributed by atoms with Crippen molar-refractivity contribution in [2.24, 2.45) is 0 Å². The van der Waals surface area contributed by atoms with Crippen LogP contribution in [0.3, 0.4) is 0 Å². The topological polar surface area (TPSA) is 63.8 Å². The zero-order valence-electron chi connectivity index (χ0n) is 13.0. The number of nitrogens with one attached hydrogen (secondary N) is 1. The van der Waals surface area contributed by atoms with Crippen LogP contribution in [0.1, 0.15) is 0 Å². The number of fused-ring (bicyclic) bond motifs is 3. The van der Waals surface area contributed by atoms with Gasteiger partial charge in [-0.25, -0.2) is 14.2 Å². The van der Waals surface area contributed by atoms with Crippen molar-refractivity contribution in [1.82, 2.24) is 29.4 Å². The van der Waals surface area contributed by atoms with E-state index in [9.17, 15) is 0 Å². The van der Waals surface area contributed by atoms with Crippen molar-refractivity contribution >= 4 is 28.9 Å². The first kappa shape index (κ1) is 14.1. The minimum absolute atomic E-state index is 0.412. The summed E-state index contributed by atoms with van der Waals surface area (Å²) in [5, 5.41) is 8.55. The van der Waals surface area contributed by atoms with Gasteiger partial charge in [0.05, 0.1) is 17.3 Å². The fourth-order valence-electron chi connectivity index (χ4n) is 2.89. The minimum atomic E-state index is 0.412. The Morgan fingerprint density at radius 2 is 1.56 bits per heavy atom. The molecular formula is C18H12N6S. The zero-order chi connectivity index (χ0) is 16.8. The summed E-state index contributed by atoms with van der Waals surface area (Å²) >= 11 is 5.46. The lowest BCUT2D eigenvalue weighted by Crippen LogP contribution is -2.00. The molecule has 3 heterocycles. The van der Waals surface area contributed by atoms with Gasteiger partial charge in [-0.15, -0.1) is 0 Å². The molecule has 5 aromatic rings. The monoisotopic (exact) mass is 344 g/mol. The molecule has 0 aliphatic carbocycles. The van der Waals surface area contributed by atoms with Crippen LogP contribution < -0.4 is 0 Å². The molecule has 0 unspecified atom stereocenters. The Labute approximate surface area is 147 Å². The predicted molar refractivity (Wildman–Crippen MR) is 98.2 cm³/mol. The molecular weight excluding hydrogens is 332 g/mol. The highest BCUT2D eigenvalue weighted by Gasteiger charge is 2.14. The first-order chi connectivity index (χ1) is 12.3. The van der Waals surface area contributed by atoms with Gasteiger partial charge in [0, 0.05) is 5.56 Å². The smallest absolute Gasteiger partial charge is 0.222 e. The van der Waals surface area contributed by atoms with E-state index < -0.39 is 0 Å². The molecule has 0 aliphatic rings. The quantitative estimate of drug-likeness (QED) is 0.495. The summed E-state index contributed by atoms with van der Waals surface area (Å²) in [6.07, 6.45) is 1.77. The second-order valence-electron chi connectivity index (χ2n) is 5.62. The van der Waals surface area contributed by atoms with E-state index in [2.05, 4.69) is 15.2 Å². The number of para-hydroxylation sites is 1. The lowest BCUT2D eigenvalue weighted by Gasteiger charge is -2.02. The molecule has 120 valence electrons. The molecule has 0 radical (unpaired) electrons. The van der Waals surface area contributed by atoms with Crippen molar-refractivity contribution in [2.75, 3.05) is 0 Å². The van der Waals surface area contributed by atoms with Crippen molar-refractivity contribution in [2.45, 2.75) is 0 Å². The van der Waals surface area contributed by atoms with Gasteiger partial charge in [0.15, 0.2) is 17.1 Å². The van der Waals surface area contributed by atoms with Crippen LogP contribution in [-0.2, 0) is 0 Å². The third-order valence-electron chi connectivity index (χ3n) is 4.07. The van der Waals surface area contributed by atoms with Crippen molar-refractivity contribution in [3.63, 3.8) is 0 Å². The standard InChI is InChI=1S/C18H12N6S/c25-18-21-17-14(11-19-23(17)13-9-5-2-6-10-13)16-20-15(22-24(16)18)12-7-3-1-4-8-12/h1-11H,(H,20,22). The van der Waals surface area contributed by atoms with E-state index in [1.807, 2.05) is 60.7 Å². The fourth-order valence-corrected chi connectivity index (χ4v) is 3.11. The second-order valence-corrected chi connectivity index (χ2v) is 5.99. The molecule has 0 amide bonds. The molecule has 0 fully saturated rings. The van der Waals surface area contributed by atoms with Crippen LogP contribution in [0.15, 0.2) is 66.9 Å². The molecule has 0 atom stereocenters. The Morgan fingerprint density at radius 3 is 2.32 bits per heavy atom. The third-order valence-corrected chi connectivity index (χ3v) is 4.35. The molecule has 25 heavy (non-hydrogen) atoms. The summed E-state index contributed by atoms with van der Waals surface area (Å²) in [6, 6.07) is 19.8. The Kier molecular flexibility index (Phi) is 3.01. The molecule has 0 spiro atoms. The lowest BCUT2D eigenvalue weighted by molar-refractivity contribution is 0.875. The van der Waals surface area contributed by atoms with E-state index in [4.69, 9.17) is 17.2 Å². The number of hydrogen-bond acceptors (Lipinski definition) is 4. The molecule has 0 saturated carbocycles. The molecule has 2 aromatic carbocycles. The first-order valence-corrected chi connectivity index (χ1v) is 8.19. The summed E-state index contributed by atoms with van der Waals surface area (Å²) in [6.45, 7) is 0. The third kappa shape index (κ3) is 2.17. The van der Waals surface area contributed by atoms with E-state index in [1.165, 1.54) is 0 Å². The summed E-state index contributed by atoms with van der Waals surface area (Å²) in [7, 11) is 0. The molecule has 5 rings (SSSR count). The highest BCUT2D eigenvalue weighted by molar-refractivity contribution is 7.71. The van der Waals surface area contributed by atoms with Gasteiger partial charge >= 0.3 is 0 Å². The number of benzene rings is 2. The zero-order valence-corrected chi connectivity index (χ0v) is 13.8. The Bertz CT molecular complexity index is 1250. The van der Waals surface area contributed by atoms with Crippen LogP contribution in [0.5, 0.6) is 0 Å². The van der Waals surface area contributed by atoms with Crippen molar-refractivity contribution < 1.29 is 0 Å². The molecule has 3 aromatic heterocycles. The van der Waals surface area contributed by atoms with E-state index >= 15 is 0 Å². The van der Waals surface area contributed by atoms with Crippen LogP contribution in [0.2, 0.25) is 0 Å². The molecule has 7 heteroatoms. The van der Waals surface area contributed by atoms with Crippen molar-refractivity contribution in [3.05, 3.63) is 71.6 Å². The van der Waals surface area contributed by atoms with Gasteiger partial charge in [-0.1, -0.05) is 48.5 Å². The Hall–Kier alpha value is -3.32. The summed E-state index contributed by atoms with van der Waals surface area (Å²) in [5.41, 5.74) is 3.34. The molecule has 0 saturated heterocycles. The molecule has 1 N–H and O–H groups in total. The van der Waals surface area contributed by atoms with Crippen LogP contribution in [-0.4, -0.2) is 29.4 Å². The SMILES string of the molecule is S=c1nc2c(cnn2-c2ccccc2)c2nc(-c3ccccc3)[nH]n12.